The van der Waals surface area contributed by atoms with E-state index < -0.39 is 0 Å². The van der Waals surface area contributed by atoms with Crippen LogP contribution in [0, 0.1) is 13.8 Å². The Morgan fingerprint density at radius 1 is 1.00 bits per heavy atom. The molecule has 164 valence electrons. The summed E-state index contributed by atoms with van der Waals surface area (Å²) in [4.78, 5) is 25.0. The number of nitrogens with zero attached hydrogens (tertiary/aromatic N) is 3. The lowest BCUT2D eigenvalue weighted by molar-refractivity contribution is 0.0982. The smallest absolute Gasteiger partial charge is 0.264 e. The molecule has 33 heavy (non-hydrogen) atoms. The van der Waals surface area contributed by atoms with Gasteiger partial charge in [-0.15, -0.1) is 0 Å². The van der Waals surface area contributed by atoms with Crippen LogP contribution in [-0.2, 0) is 6.54 Å². The lowest BCUT2D eigenvalue weighted by Crippen LogP contribution is -2.31. The molecule has 2 heterocycles. The molecule has 0 aliphatic heterocycles. The number of ether oxygens (including phenoxy) is 1. The number of aromatic nitrogens is 2. The van der Waals surface area contributed by atoms with Crippen molar-refractivity contribution in [1.29, 1.82) is 0 Å². The highest BCUT2D eigenvalue weighted by atomic mass is 32.1. The lowest BCUT2D eigenvalue weighted by atomic mass is 10.0. The van der Waals surface area contributed by atoms with Gasteiger partial charge in [-0.25, -0.2) is 4.98 Å². The van der Waals surface area contributed by atoms with Crippen molar-refractivity contribution in [3.63, 3.8) is 0 Å². The second kappa shape index (κ2) is 8.64. The number of pyridine rings is 1. The molecular formula is C27H23N3O2S. The second-order valence-electron chi connectivity index (χ2n) is 8.04. The maximum Gasteiger partial charge on any atom is 0.264 e. The molecule has 0 saturated carbocycles. The van der Waals surface area contributed by atoms with Crippen molar-refractivity contribution < 1.29 is 9.53 Å². The number of carbonyl (C=O) groups is 1. The molecule has 5 rings (SSSR count). The van der Waals surface area contributed by atoms with E-state index in [1.54, 1.807) is 18.2 Å². The van der Waals surface area contributed by atoms with Gasteiger partial charge < -0.3 is 4.74 Å². The monoisotopic (exact) mass is 453 g/mol. The van der Waals surface area contributed by atoms with Crippen LogP contribution in [0.3, 0.4) is 0 Å². The molecule has 0 radical (unpaired) electrons. The van der Waals surface area contributed by atoms with Gasteiger partial charge in [-0.3, -0.25) is 14.7 Å². The summed E-state index contributed by atoms with van der Waals surface area (Å²) in [6.07, 6.45) is 1.74. The van der Waals surface area contributed by atoms with Crippen LogP contribution in [-0.4, -0.2) is 23.0 Å². The average molecular weight is 454 g/mol. The van der Waals surface area contributed by atoms with Crippen molar-refractivity contribution in [3.05, 3.63) is 95.3 Å². The number of methoxy groups -OCH3 is 1. The van der Waals surface area contributed by atoms with Gasteiger partial charge in [0.2, 0.25) is 0 Å². The Kier molecular flexibility index (Phi) is 5.52. The van der Waals surface area contributed by atoms with E-state index in [0.29, 0.717) is 23.0 Å². The van der Waals surface area contributed by atoms with Gasteiger partial charge >= 0.3 is 0 Å². The number of hydrogen-bond acceptors (Lipinski definition) is 5. The largest absolute Gasteiger partial charge is 0.496 e. The van der Waals surface area contributed by atoms with Crippen LogP contribution >= 0.6 is 11.3 Å². The van der Waals surface area contributed by atoms with Gasteiger partial charge in [0.25, 0.3) is 5.91 Å². The van der Waals surface area contributed by atoms with Gasteiger partial charge in [-0.1, -0.05) is 47.7 Å². The van der Waals surface area contributed by atoms with Crippen LogP contribution in [0.2, 0.25) is 0 Å². The number of carbonyl (C=O) groups excluding carboxylic acids is 1. The minimum Gasteiger partial charge on any atom is -0.496 e. The summed E-state index contributed by atoms with van der Waals surface area (Å²) in [5.41, 5.74) is 4.49. The van der Waals surface area contributed by atoms with Gasteiger partial charge in [0, 0.05) is 6.20 Å². The SMILES string of the molecule is COc1cc2ccccc2cc1C(=O)N(Cc1ccccn1)c1nc2cc(C)cc(C)c2s1. The summed E-state index contributed by atoms with van der Waals surface area (Å²) in [6, 6.07) is 21.7. The topological polar surface area (TPSA) is 55.3 Å². The Bertz CT molecular complexity index is 1480. The number of hydrogen-bond donors (Lipinski definition) is 0. The van der Waals surface area contributed by atoms with E-state index >= 15 is 0 Å². The summed E-state index contributed by atoms with van der Waals surface area (Å²) in [6.45, 7) is 4.45. The van der Waals surface area contributed by atoms with Crippen molar-refractivity contribution in [2.75, 3.05) is 12.0 Å². The molecule has 5 aromatic rings. The fraction of sp³-hybridized carbons (Fsp3) is 0.148. The zero-order chi connectivity index (χ0) is 22.9. The van der Waals surface area contributed by atoms with Crippen molar-refractivity contribution in [2.45, 2.75) is 20.4 Å². The highest BCUT2D eigenvalue weighted by Gasteiger charge is 2.25. The Labute approximate surface area is 196 Å². The number of benzene rings is 3. The summed E-state index contributed by atoms with van der Waals surface area (Å²) < 4.78 is 6.71. The Morgan fingerprint density at radius 3 is 2.48 bits per heavy atom. The van der Waals surface area contributed by atoms with E-state index in [1.165, 1.54) is 11.3 Å². The van der Waals surface area contributed by atoms with E-state index in [9.17, 15) is 4.79 Å². The predicted molar refractivity (Wildman–Crippen MR) is 134 cm³/mol. The van der Waals surface area contributed by atoms with Gasteiger partial charge in [-0.05, 0) is 66.1 Å². The molecule has 0 fully saturated rings. The Balaban J connectivity index is 1.65. The Morgan fingerprint density at radius 2 is 1.76 bits per heavy atom. The highest BCUT2D eigenvalue weighted by molar-refractivity contribution is 7.22. The number of thiazole rings is 1. The molecule has 0 atom stereocenters. The molecule has 1 amide bonds. The maximum absolute atomic E-state index is 14.0. The minimum absolute atomic E-state index is 0.170. The van der Waals surface area contributed by atoms with Crippen molar-refractivity contribution in [2.24, 2.45) is 0 Å². The van der Waals surface area contributed by atoms with Gasteiger partial charge in [-0.2, -0.15) is 0 Å². The van der Waals surface area contributed by atoms with Gasteiger partial charge in [0.15, 0.2) is 5.13 Å². The fourth-order valence-electron chi connectivity index (χ4n) is 4.06. The molecule has 0 saturated heterocycles. The normalized spacial score (nSPS) is 11.1. The number of amides is 1. The van der Waals surface area contributed by atoms with E-state index in [0.717, 1.165) is 37.8 Å². The molecule has 6 heteroatoms. The summed E-state index contributed by atoms with van der Waals surface area (Å²) in [7, 11) is 1.59. The quantitative estimate of drug-likeness (QED) is 0.313. The van der Waals surface area contributed by atoms with Gasteiger partial charge in [0.05, 0.1) is 35.1 Å². The zero-order valence-corrected chi connectivity index (χ0v) is 19.5. The van der Waals surface area contributed by atoms with Crippen molar-refractivity contribution >= 4 is 43.4 Å². The second-order valence-corrected chi connectivity index (χ2v) is 9.02. The molecule has 0 unspecified atom stereocenters. The molecule has 0 bridgehead atoms. The molecule has 3 aromatic carbocycles. The van der Waals surface area contributed by atoms with Gasteiger partial charge in [0.1, 0.15) is 5.75 Å². The third-order valence-electron chi connectivity index (χ3n) is 5.63. The van der Waals surface area contributed by atoms with Crippen molar-refractivity contribution in [1.82, 2.24) is 9.97 Å². The number of fused-ring (bicyclic) bond motifs is 2. The van der Waals surface area contributed by atoms with Crippen LogP contribution in [0.15, 0.2) is 72.9 Å². The first-order valence-electron chi connectivity index (χ1n) is 10.7. The standard InChI is InChI=1S/C27H23N3O2S/c1-17-12-18(2)25-23(13-17)29-27(33-25)30(16-21-10-6-7-11-28-21)26(31)22-14-19-8-4-5-9-20(19)15-24(22)32-3/h4-15H,16H2,1-3H3. The molecular weight excluding hydrogens is 430 g/mol. The van der Waals surface area contributed by atoms with Crippen molar-refractivity contribution in [3.8, 4) is 5.75 Å². The predicted octanol–water partition coefficient (Wildman–Crippen LogP) is 6.32. The number of anilines is 1. The van der Waals surface area contributed by atoms with Crippen LogP contribution in [0.25, 0.3) is 21.0 Å². The fourth-order valence-corrected chi connectivity index (χ4v) is 5.07. The van der Waals surface area contributed by atoms with Crippen LogP contribution in [0.1, 0.15) is 27.2 Å². The molecule has 5 nitrogen and oxygen atoms in total. The number of rotatable bonds is 5. The molecule has 2 aromatic heterocycles. The Hall–Kier alpha value is -3.77. The first-order chi connectivity index (χ1) is 16.0. The molecule has 0 aliphatic rings. The highest BCUT2D eigenvalue weighted by Crippen LogP contribution is 2.35. The van der Waals surface area contributed by atoms with E-state index in [-0.39, 0.29) is 5.91 Å². The van der Waals surface area contributed by atoms with Crippen LogP contribution < -0.4 is 9.64 Å². The lowest BCUT2D eigenvalue weighted by Gasteiger charge is -2.21. The van der Waals surface area contributed by atoms with Crippen LogP contribution in [0.4, 0.5) is 5.13 Å². The van der Waals surface area contributed by atoms with E-state index in [4.69, 9.17) is 9.72 Å². The van der Waals surface area contributed by atoms with Crippen LogP contribution in [0.5, 0.6) is 5.75 Å². The minimum atomic E-state index is -0.170. The third kappa shape index (κ3) is 4.05. The maximum atomic E-state index is 14.0. The molecule has 0 spiro atoms. The number of aryl methyl sites for hydroxylation is 2. The summed E-state index contributed by atoms with van der Waals surface area (Å²) >= 11 is 1.53. The van der Waals surface area contributed by atoms with E-state index in [2.05, 4.69) is 31.0 Å². The summed E-state index contributed by atoms with van der Waals surface area (Å²) in [5.74, 6) is 0.370. The van der Waals surface area contributed by atoms with E-state index in [1.807, 2.05) is 54.6 Å². The molecule has 0 aliphatic carbocycles. The third-order valence-corrected chi connectivity index (χ3v) is 6.86. The molecule has 0 N–H and O–H groups in total. The average Bonchev–Trinajstić information content (AvgIpc) is 3.26. The first-order valence-corrected chi connectivity index (χ1v) is 11.5. The first kappa shape index (κ1) is 21.1. The zero-order valence-electron chi connectivity index (χ0n) is 18.7. The summed E-state index contributed by atoms with van der Waals surface area (Å²) in [5, 5.41) is 2.65.